The number of halogens is 5. The minimum absolute atomic E-state index is 0.0316. The summed E-state index contributed by atoms with van der Waals surface area (Å²) < 4.78 is 97.6. The van der Waals surface area contributed by atoms with Crippen molar-refractivity contribution >= 4 is 15.7 Å². The number of aromatic nitrogens is 2. The van der Waals surface area contributed by atoms with E-state index in [0.717, 1.165) is 46.8 Å². The zero-order chi connectivity index (χ0) is 28.6. The van der Waals surface area contributed by atoms with Crippen molar-refractivity contribution in [2.45, 2.75) is 54.6 Å². The lowest BCUT2D eigenvalue weighted by molar-refractivity contribution is -0.271. The SMILES string of the molecule is O=S(=O)(c1ccc(F)cc1)N1c2ccc(C(O)(CF)C(F)(F)F)cc2CC[C@H]1Cc1ccnn1CC(O)CO. The van der Waals surface area contributed by atoms with Crippen LogP contribution in [-0.4, -0.2) is 65.1 Å². The highest BCUT2D eigenvalue weighted by Crippen LogP contribution is 2.43. The lowest BCUT2D eigenvalue weighted by Gasteiger charge is -2.39. The van der Waals surface area contributed by atoms with Crippen LogP contribution in [0.1, 0.15) is 23.2 Å². The number of alkyl halides is 4. The fourth-order valence-corrected chi connectivity index (χ4v) is 6.35. The number of aliphatic hydroxyl groups excluding tert-OH is 2. The van der Waals surface area contributed by atoms with Gasteiger partial charge in [-0.3, -0.25) is 8.99 Å². The molecule has 3 aromatic rings. The molecule has 0 spiro atoms. The number of aryl methyl sites for hydroxylation is 1. The molecule has 0 bridgehead atoms. The molecular weight excluding hydrogens is 549 g/mol. The Kier molecular flexibility index (Phi) is 8.03. The summed E-state index contributed by atoms with van der Waals surface area (Å²) in [7, 11) is -4.38. The molecule has 1 aliphatic rings. The van der Waals surface area contributed by atoms with Gasteiger partial charge in [0, 0.05) is 18.3 Å². The van der Waals surface area contributed by atoms with Crippen LogP contribution in [0.3, 0.4) is 0 Å². The number of sulfonamides is 1. The molecule has 1 aliphatic heterocycles. The summed E-state index contributed by atoms with van der Waals surface area (Å²) in [5.41, 5.74) is -3.82. The predicted octanol–water partition coefficient (Wildman–Crippen LogP) is 2.85. The number of hydrogen-bond donors (Lipinski definition) is 3. The fraction of sp³-hybridized carbons (Fsp3) is 0.400. The summed E-state index contributed by atoms with van der Waals surface area (Å²) in [4.78, 5) is -0.259. The number of anilines is 1. The van der Waals surface area contributed by atoms with Crippen molar-refractivity contribution in [3.63, 3.8) is 0 Å². The van der Waals surface area contributed by atoms with Crippen molar-refractivity contribution in [2.24, 2.45) is 0 Å². The van der Waals surface area contributed by atoms with Gasteiger partial charge in [0.15, 0.2) is 0 Å². The Balaban J connectivity index is 1.80. The van der Waals surface area contributed by atoms with Gasteiger partial charge in [-0.2, -0.15) is 18.3 Å². The predicted molar refractivity (Wildman–Crippen MR) is 130 cm³/mol. The maximum atomic E-state index is 13.8. The van der Waals surface area contributed by atoms with Gasteiger partial charge in [-0.15, -0.1) is 0 Å². The van der Waals surface area contributed by atoms with Gasteiger partial charge >= 0.3 is 6.18 Å². The summed E-state index contributed by atoms with van der Waals surface area (Å²) in [6.45, 7) is -2.71. The maximum absolute atomic E-state index is 13.8. The molecule has 14 heteroatoms. The topological polar surface area (TPSA) is 116 Å². The molecule has 2 heterocycles. The van der Waals surface area contributed by atoms with Crippen LogP contribution in [0.2, 0.25) is 0 Å². The van der Waals surface area contributed by atoms with Gasteiger partial charge in [0.25, 0.3) is 10.0 Å². The van der Waals surface area contributed by atoms with E-state index < -0.39 is 58.6 Å². The van der Waals surface area contributed by atoms with E-state index in [1.807, 2.05) is 0 Å². The second-order valence-corrected chi connectivity index (χ2v) is 11.1. The number of nitrogens with zero attached hydrogens (tertiary/aromatic N) is 3. The molecule has 0 saturated carbocycles. The standard InChI is InChI=1S/C25H26F5N3O5S/c26-15-24(36,25(28,29)30)17-2-8-23-16(11-17)1-5-20(12-19-9-10-31-32(19)13-21(35)14-34)33(23)39(37,38)22-6-3-18(27)4-7-22/h2-4,6-11,20-21,34-36H,1,5,12-15H2/t20-,21?,24?/m0/s1. The summed E-state index contributed by atoms with van der Waals surface area (Å²) in [6.07, 6.45) is -4.67. The molecule has 0 amide bonds. The molecule has 2 unspecified atom stereocenters. The highest BCUT2D eigenvalue weighted by Gasteiger charge is 2.55. The second kappa shape index (κ2) is 10.8. The van der Waals surface area contributed by atoms with E-state index in [2.05, 4.69) is 5.10 Å². The van der Waals surface area contributed by atoms with Crippen LogP contribution in [0.5, 0.6) is 0 Å². The third-order valence-corrected chi connectivity index (χ3v) is 8.63. The first-order chi connectivity index (χ1) is 18.3. The molecule has 0 saturated heterocycles. The first-order valence-corrected chi connectivity index (χ1v) is 13.3. The monoisotopic (exact) mass is 575 g/mol. The van der Waals surface area contributed by atoms with Crippen molar-refractivity contribution in [3.8, 4) is 0 Å². The van der Waals surface area contributed by atoms with Crippen molar-refractivity contribution in [1.29, 1.82) is 0 Å². The summed E-state index contributed by atoms with van der Waals surface area (Å²) in [6, 6.07) is 7.78. The van der Waals surface area contributed by atoms with Crippen molar-refractivity contribution in [3.05, 3.63) is 77.4 Å². The van der Waals surface area contributed by atoms with E-state index >= 15 is 0 Å². The molecule has 3 N–H and O–H groups in total. The summed E-state index contributed by atoms with van der Waals surface area (Å²) >= 11 is 0. The van der Waals surface area contributed by atoms with Crippen LogP contribution in [0, 0.1) is 5.82 Å². The van der Waals surface area contributed by atoms with Crippen molar-refractivity contribution in [1.82, 2.24) is 9.78 Å². The highest BCUT2D eigenvalue weighted by molar-refractivity contribution is 7.92. The van der Waals surface area contributed by atoms with Gasteiger partial charge in [-0.1, -0.05) is 12.1 Å². The van der Waals surface area contributed by atoms with E-state index in [1.54, 1.807) is 6.07 Å². The molecule has 39 heavy (non-hydrogen) atoms. The maximum Gasteiger partial charge on any atom is 0.424 e. The molecule has 212 valence electrons. The Morgan fingerprint density at radius 2 is 1.79 bits per heavy atom. The molecule has 0 fully saturated rings. The van der Waals surface area contributed by atoms with Gasteiger partial charge in [-0.05, 0) is 60.4 Å². The van der Waals surface area contributed by atoms with Crippen LogP contribution in [-0.2, 0) is 35.0 Å². The number of fused-ring (bicyclic) bond motifs is 1. The van der Waals surface area contributed by atoms with Crippen molar-refractivity contribution in [2.75, 3.05) is 17.6 Å². The van der Waals surface area contributed by atoms with Crippen LogP contribution in [0.25, 0.3) is 0 Å². The van der Waals surface area contributed by atoms with Crippen molar-refractivity contribution < 1.29 is 45.7 Å². The number of rotatable bonds is 9. The van der Waals surface area contributed by atoms with E-state index in [0.29, 0.717) is 5.69 Å². The molecule has 8 nitrogen and oxygen atoms in total. The molecule has 3 atom stereocenters. The first-order valence-electron chi connectivity index (χ1n) is 11.9. The minimum atomic E-state index is -5.31. The summed E-state index contributed by atoms with van der Waals surface area (Å²) in [5, 5.41) is 33.2. The Labute approximate surface area is 221 Å². The Hall–Kier alpha value is -3.07. The molecule has 2 aromatic carbocycles. The van der Waals surface area contributed by atoms with Crippen LogP contribution >= 0.6 is 0 Å². The zero-order valence-electron chi connectivity index (χ0n) is 20.4. The lowest BCUT2D eigenvalue weighted by atomic mass is 9.88. The van der Waals surface area contributed by atoms with Gasteiger partial charge in [0.1, 0.15) is 12.5 Å². The fourth-order valence-electron chi connectivity index (χ4n) is 4.64. The molecular formula is C25H26F5N3O5S. The smallest absolute Gasteiger partial charge is 0.394 e. The van der Waals surface area contributed by atoms with Gasteiger partial charge in [0.05, 0.1) is 35.9 Å². The molecule has 1 aromatic heterocycles. The number of benzene rings is 2. The third-order valence-electron chi connectivity index (χ3n) is 6.75. The van der Waals surface area contributed by atoms with Crippen LogP contribution in [0.4, 0.5) is 27.6 Å². The van der Waals surface area contributed by atoms with Crippen LogP contribution in [0.15, 0.2) is 59.6 Å². The highest BCUT2D eigenvalue weighted by atomic mass is 32.2. The van der Waals surface area contributed by atoms with E-state index in [9.17, 15) is 45.7 Å². The molecule has 0 aliphatic carbocycles. The zero-order valence-corrected chi connectivity index (χ0v) is 21.2. The lowest BCUT2D eigenvalue weighted by Crippen LogP contribution is -2.46. The minimum Gasteiger partial charge on any atom is -0.394 e. The first kappa shape index (κ1) is 28.9. The van der Waals surface area contributed by atoms with E-state index in [4.69, 9.17) is 0 Å². The van der Waals surface area contributed by atoms with Gasteiger partial charge in [0.2, 0.25) is 5.60 Å². The normalized spacial score (nSPS) is 18.5. The Bertz CT molecular complexity index is 1410. The molecule has 4 rings (SSSR count). The largest absolute Gasteiger partial charge is 0.424 e. The number of hydrogen-bond acceptors (Lipinski definition) is 6. The summed E-state index contributed by atoms with van der Waals surface area (Å²) in [5.74, 6) is -0.668. The Morgan fingerprint density at radius 1 is 1.10 bits per heavy atom. The number of aliphatic hydroxyl groups is 3. The van der Waals surface area contributed by atoms with E-state index in [1.165, 1.54) is 10.9 Å². The average Bonchev–Trinajstić information content (AvgIpc) is 3.33. The Morgan fingerprint density at radius 3 is 2.41 bits per heavy atom. The van der Waals surface area contributed by atoms with Crippen LogP contribution < -0.4 is 4.31 Å². The third kappa shape index (κ3) is 5.51. The average molecular weight is 576 g/mol. The van der Waals surface area contributed by atoms with Gasteiger partial charge < -0.3 is 15.3 Å². The van der Waals surface area contributed by atoms with E-state index in [-0.39, 0.29) is 42.0 Å². The van der Waals surface area contributed by atoms with Gasteiger partial charge in [-0.25, -0.2) is 17.2 Å². The quantitative estimate of drug-likeness (QED) is 0.338. The molecule has 0 radical (unpaired) electrons. The second-order valence-electron chi connectivity index (χ2n) is 9.33.